The Bertz CT molecular complexity index is 460. The van der Waals surface area contributed by atoms with Crippen molar-refractivity contribution >= 4 is 0 Å². The predicted molar refractivity (Wildman–Crippen MR) is 83.9 cm³/mol. The molecule has 0 saturated carbocycles. The standard InChI is InChI=1S/C18H27NO/c1-7-14(12-18(5,6)13-19)15-8-10-16(11-9-15)20-17(2,3)4/h8-11,14H,7,12H2,1-6H3. The average molecular weight is 273 g/mol. The lowest BCUT2D eigenvalue weighted by Gasteiger charge is -2.24. The number of rotatable bonds is 5. The van der Waals surface area contributed by atoms with E-state index in [0.717, 1.165) is 18.6 Å². The maximum absolute atomic E-state index is 9.19. The highest BCUT2D eigenvalue weighted by Gasteiger charge is 2.23. The summed E-state index contributed by atoms with van der Waals surface area (Å²) in [5.74, 6) is 1.32. The molecule has 0 aliphatic rings. The van der Waals surface area contributed by atoms with Crippen LogP contribution in [0.5, 0.6) is 5.75 Å². The second-order valence-electron chi connectivity index (χ2n) is 7.09. The summed E-state index contributed by atoms with van der Waals surface area (Å²) in [6, 6.07) is 10.7. The van der Waals surface area contributed by atoms with E-state index in [1.165, 1.54) is 5.56 Å². The lowest BCUT2D eigenvalue weighted by Crippen LogP contribution is -2.22. The van der Waals surface area contributed by atoms with E-state index in [4.69, 9.17) is 4.74 Å². The Kier molecular flexibility index (Phi) is 5.22. The van der Waals surface area contributed by atoms with Gasteiger partial charge in [0.15, 0.2) is 0 Å². The molecule has 0 aliphatic carbocycles. The third-order valence-corrected chi connectivity index (χ3v) is 3.33. The first-order chi connectivity index (χ1) is 9.17. The molecule has 1 unspecified atom stereocenters. The maximum atomic E-state index is 9.19. The molecule has 2 heteroatoms. The second kappa shape index (κ2) is 6.31. The third kappa shape index (κ3) is 5.25. The van der Waals surface area contributed by atoms with Gasteiger partial charge in [-0.1, -0.05) is 19.1 Å². The van der Waals surface area contributed by atoms with E-state index >= 15 is 0 Å². The fraction of sp³-hybridized carbons (Fsp3) is 0.611. The molecule has 1 atom stereocenters. The van der Waals surface area contributed by atoms with Gasteiger partial charge in [0, 0.05) is 0 Å². The Morgan fingerprint density at radius 2 is 1.65 bits per heavy atom. The van der Waals surface area contributed by atoms with Crippen molar-refractivity contribution in [3.63, 3.8) is 0 Å². The van der Waals surface area contributed by atoms with Crippen molar-refractivity contribution in [2.75, 3.05) is 0 Å². The predicted octanol–water partition coefficient (Wildman–Crippen LogP) is 5.30. The number of hydrogen-bond donors (Lipinski definition) is 0. The molecule has 0 spiro atoms. The second-order valence-corrected chi connectivity index (χ2v) is 7.09. The molecule has 110 valence electrons. The smallest absolute Gasteiger partial charge is 0.120 e. The van der Waals surface area contributed by atoms with Crippen LogP contribution in [-0.4, -0.2) is 5.60 Å². The molecule has 0 fully saturated rings. The summed E-state index contributed by atoms with van der Waals surface area (Å²) >= 11 is 0. The van der Waals surface area contributed by atoms with E-state index in [-0.39, 0.29) is 11.0 Å². The highest BCUT2D eigenvalue weighted by atomic mass is 16.5. The van der Waals surface area contributed by atoms with Crippen LogP contribution in [0.4, 0.5) is 0 Å². The summed E-state index contributed by atoms with van der Waals surface area (Å²) in [5, 5.41) is 9.19. The van der Waals surface area contributed by atoms with Crippen LogP contribution in [0.1, 0.15) is 65.9 Å². The molecule has 1 aromatic rings. The van der Waals surface area contributed by atoms with Gasteiger partial charge in [0.2, 0.25) is 0 Å². The first kappa shape index (κ1) is 16.6. The largest absolute Gasteiger partial charge is 0.488 e. The van der Waals surface area contributed by atoms with Gasteiger partial charge in [-0.15, -0.1) is 0 Å². The molecule has 20 heavy (non-hydrogen) atoms. The van der Waals surface area contributed by atoms with Crippen LogP contribution >= 0.6 is 0 Å². The average Bonchev–Trinajstić information content (AvgIpc) is 2.35. The Morgan fingerprint density at radius 1 is 1.10 bits per heavy atom. The van der Waals surface area contributed by atoms with Gasteiger partial charge >= 0.3 is 0 Å². The molecular weight excluding hydrogens is 246 g/mol. The Labute approximate surface area is 123 Å². The lowest BCUT2D eigenvalue weighted by atomic mass is 9.80. The highest BCUT2D eigenvalue weighted by Crippen LogP contribution is 2.34. The van der Waals surface area contributed by atoms with Gasteiger partial charge in [-0.3, -0.25) is 0 Å². The van der Waals surface area contributed by atoms with Gasteiger partial charge < -0.3 is 4.74 Å². The van der Waals surface area contributed by atoms with E-state index in [1.54, 1.807) is 0 Å². The molecule has 0 bridgehead atoms. The quantitative estimate of drug-likeness (QED) is 0.729. The minimum absolute atomic E-state index is 0.172. The SMILES string of the molecule is CCC(CC(C)(C)C#N)c1ccc(OC(C)(C)C)cc1. The first-order valence-electron chi connectivity index (χ1n) is 7.37. The fourth-order valence-electron chi connectivity index (χ4n) is 2.32. The van der Waals surface area contributed by atoms with Crippen molar-refractivity contribution in [1.82, 2.24) is 0 Å². The molecule has 2 nitrogen and oxygen atoms in total. The zero-order valence-electron chi connectivity index (χ0n) is 13.7. The minimum atomic E-state index is -0.277. The Hall–Kier alpha value is -1.49. The van der Waals surface area contributed by atoms with Crippen LogP contribution in [0.2, 0.25) is 0 Å². The summed E-state index contributed by atoms with van der Waals surface area (Å²) in [4.78, 5) is 0. The highest BCUT2D eigenvalue weighted by molar-refractivity contribution is 5.30. The van der Waals surface area contributed by atoms with E-state index in [9.17, 15) is 5.26 Å². The molecule has 0 saturated heterocycles. The fourth-order valence-corrected chi connectivity index (χ4v) is 2.32. The van der Waals surface area contributed by atoms with Crippen LogP contribution in [-0.2, 0) is 0 Å². The summed E-state index contributed by atoms with van der Waals surface area (Å²) in [7, 11) is 0. The van der Waals surface area contributed by atoms with Crippen molar-refractivity contribution in [1.29, 1.82) is 5.26 Å². The lowest BCUT2D eigenvalue weighted by molar-refractivity contribution is 0.131. The van der Waals surface area contributed by atoms with Gasteiger partial charge in [0.1, 0.15) is 11.4 Å². The van der Waals surface area contributed by atoms with Crippen LogP contribution in [0.15, 0.2) is 24.3 Å². The van der Waals surface area contributed by atoms with Crippen molar-refractivity contribution < 1.29 is 4.74 Å². The Balaban J connectivity index is 2.83. The molecule has 1 aromatic carbocycles. The van der Waals surface area contributed by atoms with E-state index in [0.29, 0.717) is 5.92 Å². The number of nitrogens with zero attached hydrogens (tertiary/aromatic N) is 1. The van der Waals surface area contributed by atoms with E-state index in [1.807, 2.05) is 46.8 Å². The Morgan fingerprint density at radius 3 is 2.05 bits per heavy atom. The molecule has 0 aromatic heterocycles. The van der Waals surface area contributed by atoms with Crippen LogP contribution in [0.3, 0.4) is 0 Å². The van der Waals surface area contributed by atoms with Crippen LogP contribution in [0, 0.1) is 16.7 Å². The number of ether oxygens (including phenoxy) is 1. The van der Waals surface area contributed by atoms with Crippen molar-refractivity contribution in [3.8, 4) is 11.8 Å². The molecule has 0 amide bonds. The molecule has 1 rings (SSSR count). The van der Waals surface area contributed by atoms with Gasteiger partial charge in [0.05, 0.1) is 11.5 Å². The number of hydrogen-bond acceptors (Lipinski definition) is 2. The zero-order chi connectivity index (χ0) is 15.4. The molecule has 0 aliphatic heterocycles. The monoisotopic (exact) mass is 273 g/mol. The van der Waals surface area contributed by atoms with Crippen molar-refractivity contribution in [2.45, 2.75) is 65.9 Å². The molecule has 0 N–H and O–H groups in total. The van der Waals surface area contributed by atoms with Gasteiger partial charge in [-0.2, -0.15) is 5.26 Å². The van der Waals surface area contributed by atoms with Gasteiger partial charge in [-0.25, -0.2) is 0 Å². The van der Waals surface area contributed by atoms with Crippen LogP contribution in [0.25, 0.3) is 0 Å². The summed E-state index contributed by atoms with van der Waals surface area (Å²) in [6.07, 6.45) is 1.93. The summed E-state index contributed by atoms with van der Waals surface area (Å²) in [6.45, 7) is 12.3. The third-order valence-electron chi connectivity index (χ3n) is 3.33. The number of nitriles is 1. The topological polar surface area (TPSA) is 33.0 Å². The minimum Gasteiger partial charge on any atom is -0.488 e. The van der Waals surface area contributed by atoms with Crippen molar-refractivity contribution in [3.05, 3.63) is 29.8 Å². The molecule has 0 heterocycles. The molecule has 0 radical (unpaired) electrons. The van der Waals surface area contributed by atoms with Gasteiger partial charge in [0.25, 0.3) is 0 Å². The van der Waals surface area contributed by atoms with Crippen molar-refractivity contribution in [2.24, 2.45) is 5.41 Å². The molecular formula is C18H27NO. The summed E-state index contributed by atoms with van der Waals surface area (Å²) in [5.41, 5.74) is 0.840. The van der Waals surface area contributed by atoms with Gasteiger partial charge in [-0.05, 0) is 71.1 Å². The zero-order valence-corrected chi connectivity index (χ0v) is 13.7. The number of benzene rings is 1. The maximum Gasteiger partial charge on any atom is 0.120 e. The first-order valence-corrected chi connectivity index (χ1v) is 7.37. The summed E-state index contributed by atoms with van der Waals surface area (Å²) < 4.78 is 5.84. The van der Waals surface area contributed by atoms with Crippen LogP contribution < -0.4 is 4.74 Å². The van der Waals surface area contributed by atoms with E-state index < -0.39 is 0 Å². The van der Waals surface area contributed by atoms with E-state index in [2.05, 4.69) is 25.1 Å². The normalized spacial score (nSPS) is 13.7.